The normalized spacial score (nSPS) is 27.6. The van der Waals surface area contributed by atoms with E-state index in [1.165, 1.54) is 38.8 Å². The molecular weight excluding hydrogens is 182 g/mol. The highest BCUT2D eigenvalue weighted by molar-refractivity contribution is 4.98. The molecular formula is C14H27N. The van der Waals surface area contributed by atoms with Gasteiger partial charge in [-0.1, -0.05) is 13.8 Å². The minimum Gasteiger partial charge on any atom is -0.301 e. The molecule has 1 heterocycles. The van der Waals surface area contributed by atoms with Gasteiger partial charge in [-0.15, -0.1) is 0 Å². The molecule has 0 unspecified atom stereocenters. The van der Waals surface area contributed by atoms with Crippen LogP contribution in [-0.2, 0) is 0 Å². The van der Waals surface area contributed by atoms with Crippen molar-refractivity contribution in [1.82, 2.24) is 4.90 Å². The van der Waals surface area contributed by atoms with E-state index in [2.05, 4.69) is 32.6 Å². The molecule has 0 N–H and O–H groups in total. The van der Waals surface area contributed by atoms with Crippen molar-refractivity contribution in [1.29, 1.82) is 0 Å². The highest BCUT2D eigenvalue weighted by Crippen LogP contribution is 2.54. The molecule has 1 nitrogen and oxygen atoms in total. The summed E-state index contributed by atoms with van der Waals surface area (Å²) >= 11 is 0. The van der Waals surface area contributed by atoms with Crippen LogP contribution in [0.2, 0.25) is 0 Å². The van der Waals surface area contributed by atoms with Gasteiger partial charge < -0.3 is 4.90 Å². The Balaban J connectivity index is 1.80. The van der Waals surface area contributed by atoms with Gasteiger partial charge in [0.1, 0.15) is 0 Å². The fourth-order valence-electron chi connectivity index (χ4n) is 3.45. The first-order valence-electron chi connectivity index (χ1n) is 6.76. The van der Waals surface area contributed by atoms with Crippen LogP contribution >= 0.6 is 0 Å². The summed E-state index contributed by atoms with van der Waals surface area (Å²) < 4.78 is 0. The number of hydrogen-bond acceptors (Lipinski definition) is 1. The Hall–Kier alpha value is -0.0400. The third kappa shape index (κ3) is 2.22. The fourth-order valence-corrected chi connectivity index (χ4v) is 3.45. The van der Waals surface area contributed by atoms with E-state index in [0.29, 0.717) is 0 Å². The van der Waals surface area contributed by atoms with Gasteiger partial charge in [0.2, 0.25) is 0 Å². The van der Waals surface area contributed by atoms with Gasteiger partial charge in [-0.2, -0.15) is 0 Å². The van der Waals surface area contributed by atoms with Crippen LogP contribution < -0.4 is 0 Å². The van der Waals surface area contributed by atoms with Gasteiger partial charge >= 0.3 is 0 Å². The van der Waals surface area contributed by atoms with Gasteiger partial charge in [-0.3, -0.25) is 0 Å². The van der Waals surface area contributed by atoms with Gasteiger partial charge in [-0.05, 0) is 69.9 Å². The first-order valence-corrected chi connectivity index (χ1v) is 6.76. The van der Waals surface area contributed by atoms with Gasteiger partial charge in [-0.25, -0.2) is 0 Å². The first kappa shape index (κ1) is 11.4. The van der Waals surface area contributed by atoms with Crippen molar-refractivity contribution in [2.75, 3.05) is 13.1 Å². The van der Waals surface area contributed by atoms with E-state index in [4.69, 9.17) is 0 Å². The van der Waals surface area contributed by atoms with Crippen LogP contribution in [0.5, 0.6) is 0 Å². The third-order valence-corrected chi connectivity index (χ3v) is 4.92. The number of rotatable bonds is 2. The van der Waals surface area contributed by atoms with Crippen molar-refractivity contribution in [3.63, 3.8) is 0 Å². The maximum Gasteiger partial charge on any atom is 0.00385 e. The lowest BCUT2D eigenvalue weighted by molar-refractivity contribution is -0.0367. The van der Waals surface area contributed by atoms with Crippen LogP contribution in [0, 0.1) is 17.3 Å². The van der Waals surface area contributed by atoms with Gasteiger partial charge in [0.25, 0.3) is 0 Å². The maximum absolute atomic E-state index is 2.65. The molecule has 0 bridgehead atoms. The zero-order valence-corrected chi connectivity index (χ0v) is 10.9. The smallest absolute Gasteiger partial charge is 0.00385 e. The Labute approximate surface area is 95.2 Å². The Morgan fingerprint density at radius 1 is 1.00 bits per heavy atom. The van der Waals surface area contributed by atoms with E-state index < -0.39 is 0 Å². The average molecular weight is 209 g/mol. The second-order valence-corrected chi connectivity index (χ2v) is 6.54. The van der Waals surface area contributed by atoms with E-state index in [1.807, 2.05) is 0 Å². The van der Waals surface area contributed by atoms with E-state index in [-0.39, 0.29) is 0 Å². The monoisotopic (exact) mass is 209 g/mol. The zero-order valence-electron chi connectivity index (χ0n) is 10.9. The highest BCUT2D eigenvalue weighted by atomic mass is 15.2. The highest BCUT2D eigenvalue weighted by Gasteiger charge is 2.46. The lowest BCUT2D eigenvalue weighted by atomic mass is 9.55. The molecule has 1 saturated heterocycles. The summed E-state index contributed by atoms with van der Waals surface area (Å²) in [6, 6.07) is 0.753. The fraction of sp³-hybridized carbons (Fsp3) is 1.00. The van der Waals surface area contributed by atoms with Crippen molar-refractivity contribution >= 4 is 0 Å². The third-order valence-electron chi connectivity index (χ3n) is 4.92. The Morgan fingerprint density at radius 2 is 1.53 bits per heavy atom. The second kappa shape index (κ2) is 4.08. The number of likely N-dealkylation sites (tertiary alicyclic amines) is 1. The molecule has 2 fully saturated rings. The molecule has 0 atom stereocenters. The van der Waals surface area contributed by atoms with Crippen molar-refractivity contribution in [3.05, 3.63) is 0 Å². The Kier molecular flexibility index (Phi) is 3.12. The maximum atomic E-state index is 2.65. The quantitative estimate of drug-likeness (QED) is 0.672. The Bertz CT molecular complexity index is 203. The summed E-state index contributed by atoms with van der Waals surface area (Å²) in [7, 11) is 0. The van der Waals surface area contributed by atoms with Gasteiger partial charge in [0.05, 0.1) is 0 Å². The number of hydrogen-bond donors (Lipinski definition) is 0. The second-order valence-electron chi connectivity index (χ2n) is 6.54. The van der Waals surface area contributed by atoms with Crippen LogP contribution in [-0.4, -0.2) is 24.0 Å². The number of piperidine rings is 1. The van der Waals surface area contributed by atoms with Crippen LogP contribution in [0.3, 0.4) is 0 Å². The lowest BCUT2D eigenvalue weighted by Gasteiger charge is -2.54. The van der Waals surface area contributed by atoms with Crippen molar-refractivity contribution < 1.29 is 0 Å². The Morgan fingerprint density at radius 3 is 1.93 bits per heavy atom. The van der Waals surface area contributed by atoms with Crippen LogP contribution in [0.25, 0.3) is 0 Å². The molecule has 0 aromatic rings. The molecule has 1 heteroatoms. The predicted molar refractivity (Wildman–Crippen MR) is 65.9 cm³/mol. The molecule has 0 radical (unpaired) electrons. The average Bonchev–Trinajstić information content (AvgIpc) is 2.13. The zero-order chi connectivity index (χ0) is 11.1. The van der Waals surface area contributed by atoms with Crippen molar-refractivity contribution in [2.24, 2.45) is 17.3 Å². The van der Waals surface area contributed by atoms with E-state index in [1.54, 1.807) is 0 Å². The SMILES string of the molecule is CC(C)C1CC2(CCN(C(C)C)CC2)C1. The van der Waals surface area contributed by atoms with Crippen molar-refractivity contribution in [2.45, 2.75) is 59.4 Å². The summed E-state index contributed by atoms with van der Waals surface area (Å²) in [5, 5.41) is 0. The van der Waals surface area contributed by atoms with Gasteiger partial charge in [0, 0.05) is 6.04 Å². The summed E-state index contributed by atoms with van der Waals surface area (Å²) in [5.74, 6) is 1.95. The summed E-state index contributed by atoms with van der Waals surface area (Å²) in [5.41, 5.74) is 0.778. The van der Waals surface area contributed by atoms with Crippen LogP contribution in [0.15, 0.2) is 0 Å². The molecule has 2 aliphatic rings. The molecule has 1 aliphatic heterocycles. The van der Waals surface area contributed by atoms with E-state index >= 15 is 0 Å². The topological polar surface area (TPSA) is 3.24 Å². The molecule has 15 heavy (non-hydrogen) atoms. The lowest BCUT2D eigenvalue weighted by Crippen LogP contribution is -2.49. The summed E-state index contributed by atoms with van der Waals surface area (Å²) in [6.07, 6.45) is 5.98. The van der Waals surface area contributed by atoms with E-state index in [9.17, 15) is 0 Å². The number of nitrogens with zero attached hydrogens (tertiary/aromatic N) is 1. The largest absolute Gasteiger partial charge is 0.301 e. The van der Waals surface area contributed by atoms with Crippen LogP contribution in [0.1, 0.15) is 53.4 Å². The molecule has 0 aromatic carbocycles. The molecule has 0 amide bonds. The van der Waals surface area contributed by atoms with Gasteiger partial charge in [0.15, 0.2) is 0 Å². The predicted octanol–water partition coefficient (Wildman–Crippen LogP) is 3.54. The molecule has 1 saturated carbocycles. The molecule has 1 aliphatic carbocycles. The first-order chi connectivity index (χ1) is 7.02. The van der Waals surface area contributed by atoms with Crippen LogP contribution in [0.4, 0.5) is 0 Å². The van der Waals surface area contributed by atoms with E-state index in [0.717, 1.165) is 23.3 Å². The standard InChI is InChI=1S/C14H27N/c1-11(2)13-9-14(10-13)5-7-15(8-6-14)12(3)4/h11-13H,5-10H2,1-4H3. The minimum absolute atomic E-state index is 0.753. The summed E-state index contributed by atoms with van der Waals surface area (Å²) in [6.45, 7) is 12.1. The minimum atomic E-state index is 0.753. The van der Waals surface area contributed by atoms with Crippen molar-refractivity contribution in [3.8, 4) is 0 Å². The molecule has 1 spiro atoms. The molecule has 88 valence electrons. The summed E-state index contributed by atoms with van der Waals surface area (Å²) in [4.78, 5) is 2.65. The molecule has 0 aromatic heterocycles. The molecule has 2 rings (SSSR count).